The summed E-state index contributed by atoms with van der Waals surface area (Å²) in [6.45, 7) is 7.14. The maximum atomic E-state index is 5.54. The molecule has 5 heteroatoms. The van der Waals surface area contributed by atoms with Crippen molar-refractivity contribution in [1.29, 1.82) is 0 Å². The number of ether oxygens (including phenoxy) is 1. The van der Waals surface area contributed by atoms with Crippen LogP contribution in [0.25, 0.3) is 0 Å². The van der Waals surface area contributed by atoms with Gasteiger partial charge in [0.25, 0.3) is 0 Å². The molecule has 0 aliphatic carbocycles. The highest BCUT2D eigenvalue weighted by Crippen LogP contribution is 2.29. The number of aromatic nitrogens is 2. The summed E-state index contributed by atoms with van der Waals surface area (Å²) in [5, 5.41) is 3.60. The fraction of sp³-hybridized carbons (Fsp3) is 0.733. The number of piperidine rings is 1. The van der Waals surface area contributed by atoms with Gasteiger partial charge in [0, 0.05) is 18.6 Å². The number of hydrogen-bond acceptors (Lipinski definition) is 5. The van der Waals surface area contributed by atoms with Gasteiger partial charge in [0.05, 0.1) is 12.2 Å². The molecule has 2 aliphatic rings. The van der Waals surface area contributed by atoms with Crippen molar-refractivity contribution in [1.82, 2.24) is 14.9 Å². The Morgan fingerprint density at radius 3 is 3.10 bits per heavy atom. The smallest absolute Gasteiger partial charge is 0.221 e. The monoisotopic (exact) mass is 276 g/mol. The number of fused-ring (bicyclic) bond motifs is 1. The van der Waals surface area contributed by atoms with Gasteiger partial charge in [-0.1, -0.05) is 0 Å². The SMILES string of the molecule is CCOc1ncnc(NC2CCN3CCCC3C2)c1C. The Morgan fingerprint density at radius 2 is 2.25 bits per heavy atom. The second-order valence-electron chi connectivity index (χ2n) is 5.78. The molecule has 1 aromatic heterocycles. The Labute approximate surface area is 120 Å². The number of hydrogen-bond donors (Lipinski definition) is 1. The van der Waals surface area contributed by atoms with Gasteiger partial charge in [-0.05, 0) is 46.1 Å². The lowest BCUT2D eigenvalue weighted by Gasteiger charge is -2.35. The highest BCUT2D eigenvalue weighted by Gasteiger charge is 2.31. The topological polar surface area (TPSA) is 50.3 Å². The van der Waals surface area contributed by atoms with Crippen LogP contribution in [0.5, 0.6) is 5.88 Å². The van der Waals surface area contributed by atoms with Crippen molar-refractivity contribution in [2.45, 2.75) is 51.6 Å². The third-order valence-electron chi connectivity index (χ3n) is 4.48. The van der Waals surface area contributed by atoms with Crippen LogP contribution >= 0.6 is 0 Å². The molecule has 1 N–H and O–H groups in total. The molecule has 0 radical (unpaired) electrons. The first-order valence-electron chi connectivity index (χ1n) is 7.73. The summed E-state index contributed by atoms with van der Waals surface area (Å²) in [6, 6.07) is 1.30. The molecule has 2 unspecified atom stereocenters. The third kappa shape index (κ3) is 2.73. The molecule has 3 rings (SSSR count). The van der Waals surface area contributed by atoms with Crippen molar-refractivity contribution in [2.24, 2.45) is 0 Å². The minimum atomic E-state index is 0.525. The number of rotatable bonds is 4. The summed E-state index contributed by atoms with van der Waals surface area (Å²) in [7, 11) is 0. The van der Waals surface area contributed by atoms with Crippen LogP contribution in [-0.4, -0.2) is 46.6 Å². The molecule has 2 fully saturated rings. The van der Waals surface area contributed by atoms with Gasteiger partial charge in [-0.25, -0.2) is 9.97 Å². The number of nitrogens with one attached hydrogen (secondary N) is 1. The molecule has 2 saturated heterocycles. The van der Waals surface area contributed by atoms with Gasteiger partial charge in [0.2, 0.25) is 5.88 Å². The Kier molecular flexibility index (Phi) is 4.05. The Bertz CT molecular complexity index is 465. The zero-order valence-corrected chi connectivity index (χ0v) is 12.4. The molecule has 3 heterocycles. The molecule has 2 atom stereocenters. The van der Waals surface area contributed by atoms with Crippen molar-refractivity contribution in [2.75, 3.05) is 25.0 Å². The quantitative estimate of drug-likeness (QED) is 0.914. The average Bonchev–Trinajstić information content (AvgIpc) is 2.91. The molecule has 0 amide bonds. The van der Waals surface area contributed by atoms with E-state index in [0.717, 1.165) is 17.4 Å². The van der Waals surface area contributed by atoms with Gasteiger partial charge in [-0.3, -0.25) is 0 Å². The molecular weight excluding hydrogens is 252 g/mol. The van der Waals surface area contributed by atoms with Crippen molar-refractivity contribution < 1.29 is 4.74 Å². The number of anilines is 1. The van der Waals surface area contributed by atoms with Crippen LogP contribution in [0.4, 0.5) is 5.82 Å². The third-order valence-corrected chi connectivity index (χ3v) is 4.48. The van der Waals surface area contributed by atoms with E-state index in [9.17, 15) is 0 Å². The van der Waals surface area contributed by atoms with Crippen LogP contribution in [0, 0.1) is 6.92 Å². The molecule has 1 aromatic rings. The van der Waals surface area contributed by atoms with Crippen molar-refractivity contribution in [3.05, 3.63) is 11.9 Å². The van der Waals surface area contributed by atoms with Gasteiger partial charge in [-0.2, -0.15) is 0 Å². The fourth-order valence-electron chi connectivity index (χ4n) is 3.41. The molecule has 0 saturated carbocycles. The first-order valence-corrected chi connectivity index (χ1v) is 7.73. The van der Waals surface area contributed by atoms with Crippen LogP contribution in [0.3, 0.4) is 0 Å². The minimum Gasteiger partial charge on any atom is -0.478 e. The lowest BCUT2D eigenvalue weighted by atomic mass is 9.97. The molecule has 0 bridgehead atoms. The van der Waals surface area contributed by atoms with E-state index in [0.29, 0.717) is 18.5 Å². The van der Waals surface area contributed by atoms with E-state index in [2.05, 4.69) is 20.2 Å². The van der Waals surface area contributed by atoms with Crippen molar-refractivity contribution in [3.63, 3.8) is 0 Å². The summed E-state index contributed by atoms with van der Waals surface area (Å²) in [5.41, 5.74) is 1.02. The molecule has 0 spiro atoms. The maximum Gasteiger partial charge on any atom is 0.221 e. The molecule has 5 nitrogen and oxygen atoms in total. The van der Waals surface area contributed by atoms with Crippen molar-refractivity contribution in [3.8, 4) is 5.88 Å². The summed E-state index contributed by atoms with van der Waals surface area (Å²) in [4.78, 5) is 11.2. The first-order chi connectivity index (χ1) is 9.78. The molecule has 110 valence electrons. The number of nitrogens with zero attached hydrogens (tertiary/aromatic N) is 3. The van der Waals surface area contributed by atoms with Crippen LogP contribution in [0.1, 0.15) is 38.2 Å². The Balaban J connectivity index is 1.67. The van der Waals surface area contributed by atoms with Gasteiger partial charge >= 0.3 is 0 Å². The molecular formula is C15H24N4O. The van der Waals surface area contributed by atoms with E-state index in [1.165, 1.54) is 38.8 Å². The van der Waals surface area contributed by atoms with E-state index >= 15 is 0 Å². The minimum absolute atomic E-state index is 0.525. The molecule has 20 heavy (non-hydrogen) atoms. The van der Waals surface area contributed by atoms with Gasteiger partial charge in [0.1, 0.15) is 12.1 Å². The predicted octanol–water partition coefficient (Wildman–Crippen LogP) is 2.22. The van der Waals surface area contributed by atoms with Crippen LogP contribution in [0.15, 0.2) is 6.33 Å². The van der Waals surface area contributed by atoms with Gasteiger partial charge < -0.3 is 15.0 Å². The summed E-state index contributed by atoms with van der Waals surface area (Å²) in [6.07, 6.45) is 6.73. The Hall–Kier alpha value is -1.36. The molecule has 2 aliphatic heterocycles. The maximum absolute atomic E-state index is 5.54. The molecule has 0 aromatic carbocycles. The van der Waals surface area contributed by atoms with Gasteiger partial charge in [-0.15, -0.1) is 0 Å². The highest BCUT2D eigenvalue weighted by molar-refractivity contribution is 5.48. The second kappa shape index (κ2) is 5.95. The van der Waals surface area contributed by atoms with E-state index in [-0.39, 0.29) is 0 Å². The highest BCUT2D eigenvalue weighted by atomic mass is 16.5. The first kappa shape index (κ1) is 13.6. The largest absolute Gasteiger partial charge is 0.478 e. The van der Waals surface area contributed by atoms with E-state index in [1.807, 2.05) is 13.8 Å². The van der Waals surface area contributed by atoms with Gasteiger partial charge in [0.15, 0.2) is 0 Å². The van der Waals surface area contributed by atoms with E-state index < -0.39 is 0 Å². The summed E-state index contributed by atoms with van der Waals surface area (Å²) < 4.78 is 5.54. The summed E-state index contributed by atoms with van der Waals surface area (Å²) in [5.74, 6) is 1.63. The fourth-order valence-corrected chi connectivity index (χ4v) is 3.41. The van der Waals surface area contributed by atoms with Crippen LogP contribution in [-0.2, 0) is 0 Å². The Morgan fingerprint density at radius 1 is 1.35 bits per heavy atom. The van der Waals surface area contributed by atoms with Crippen LogP contribution < -0.4 is 10.1 Å². The second-order valence-corrected chi connectivity index (χ2v) is 5.78. The zero-order chi connectivity index (χ0) is 13.9. The lowest BCUT2D eigenvalue weighted by molar-refractivity contribution is 0.188. The van der Waals surface area contributed by atoms with Crippen molar-refractivity contribution >= 4 is 5.82 Å². The summed E-state index contributed by atoms with van der Waals surface area (Å²) >= 11 is 0. The van der Waals surface area contributed by atoms with Crippen LogP contribution in [0.2, 0.25) is 0 Å². The standard InChI is InChI=1S/C15H24N4O/c1-3-20-15-11(2)14(16-10-17-15)18-12-6-8-19-7-4-5-13(19)9-12/h10,12-13H,3-9H2,1-2H3,(H,16,17,18). The average molecular weight is 276 g/mol. The normalized spacial score (nSPS) is 26.3. The zero-order valence-electron chi connectivity index (χ0n) is 12.4. The van der Waals surface area contributed by atoms with E-state index in [1.54, 1.807) is 6.33 Å². The lowest BCUT2D eigenvalue weighted by Crippen LogP contribution is -2.42. The predicted molar refractivity (Wildman–Crippen MR) is 79.2 cm³/mol. The van der Waals surface area contributed by atoms with E-state index in [4.69, 9.17) is 4.74 Å².